The lowest BCUT2D eigenvalue weighted by molar-refractivity contribution is 0.484. The third-order valence-electron chi connectivity index (χ3n) is 2.12. The van der Waals surface area contributed by atoms with E-state index in [1.165, 1.54) is 0 Å². The van der Waals surface area contributed by atoms with Gasteiger partial charge in [0.25, 0.3) is 0 Å². The zero-order valence-corrected chi connectivity index (χ0v) is 9.97. The van der Waals surface area contributed by atoms with Crippen LogP contribution in [0.5, 0.6) is 0 Å². The van der Waals surface area contributed by atoms with E-state index < -0.39 is 6.67 Å². The first-order valence-electron chi connectivity index (χ1n) is 5.30. The molecule has 15 heavy (non-hydrogen) atoms. The summed E-state index contributed by atoms with van der Waals surface area (Å²) in [5.74, 6) is 0. The van der Waals surface area contributed by atoms with Gasteiger partial charge in [-0.1, -0.05) is 19.9 Å². The number of hydrogen-bond acceptors (Lipinski definition) is 2. The van der Waals surface area contributed by atoms with Crippen molar-refractivity contribution in [3.05, 3.63) is 29.3 Å². The highest BCUT2D eigenvalue weighted by Gasteiger charge is 2.04. The van der Waals surface area contributed by atoms with Crippen LogP contribution in [-0.4, -0.2) is 7.05 Å². The van der Waals surface area contributed by atoms with Crippen molar-refractivity contribution in [2.45, 2.75) is 33.5 Å². The van der Waals surface area contributed by atoms with Crippen LogP contribution in [0.2, 0.25) is 0 Å². The van der Waals surface area contributed by atoms with Gasteiger partial charge in [0.05, 0.1) is 0 Å². The zero-order valence-electron chi connectivity index (χ0n) is 9.97. The minimum absolute atomic E-state index is 0.203. The van der Waals surface area contributed by atoms with Crippen LogP contribution in [0.15, 0.2) is 18.2 Å². The molecule has 3 heteroatoms. The predicted octanol–water partition coefficient (Wildman–Crippen LogP) is 3.04. The second kappa shape index (κ2) is 7.23. The van der Waals surface area contributed by atoms with E-state index in [-0.39, 0.29) is 6.04 Å². The van der Waals surface area contributed by atoms with Crippen molar-refractivity contribution >= 4 is 5.69 Å². The van der Waals surface area contributed by atoms with E-state index >= 15 is 0 Å². The van der Waals surface area contributed by atoms with E-state index in [9.17, 15) is 4.39 Å². The number of nitrogen functional groups attached to an aromatic ring is 1. The number of anilines is 1. The molecule has 0 heterocycles. The molecule has 0 spiro atoms. The van der Waals surface area contributed by atoms with Gasteiger partial charge >= 0.3 is 0 Å². The van der Waals surface area contributed by atoms with Crippen molar-refractivity contribution in [2.24, 2.45) is 0 Å². The minimum Gasteiger partial charge on any atom is -0.399 e. The van der Waals surface area contributed by atoms with Gasteiger partial charge in [0.2, 0.25) is 0 Å². The van der Waals surface area contributed by atoms with Crippen molar-refractivity contribution in [1.82, 2.24) is 5.32 Å². The van der Waals surface area contributed by atoms with Crippen LogP contribution >= 0.6 is 0 Å². The smallest absolute Gasteiger partial charge is 0.115 e. The summed E-state index contributed by atoms with van der Waals surface area (Å²) in [6.07, 6.45) is 0. The molecule has 1 aromatic carbocycles. The molecule has 0 bridgehead atoms. The fourth-order valence-electron chi connectivity index (χ4n) is 1.24. The molecule has 0 aliphatic heterocycles. The molecule has 1 aromatic rings. The van der Waals surface area contributed by atoms with Crippen molar-refractivity contribution < 1.29 is 4.39 Å². The average Bonchev–Trinajstić information content (AvgIpc) is 2.29. The molecule has 0 aromatic heterocycles. The highest BCUT2D eigenvalue weighted by Crippen LogP contribution is 2.18. The number of alkyl halides is 1. The Labute approximate surface area is 91.7 Å². The molecule has 1 atom stereocenters. The summed E-state index contributed by atoms with van der Waals surface area (Å²) in [7, 11) is 1.86. The Morgan fingerprint density at radius 2 is 1.93 bits per heavy atom. The molecule has 2 nitrogen and oxygen atoms in total. The van der Waals surface area contributed by atoms with Gasteiger partial charge in [0.1, 0.15) is 6.67 Å². The van der Waals surface area contributed by atoms with E-state index in [0.29, 0.717) is 11.3 Å². The summed E-state index contributed by atoms with van der Waals surface area (Å²) in [6.45, 7) is 5.55. The van der Waals surface area contributed by atoms with Crippen molar-refractivity contribution in [2.75, 3.05) is 12.8 Å². The number of benzene rings is 1. The molecule has 3 N–H and O–H groups in total. The zero-order chi connectivity index (χ0) is 11.8. The molecule has 0 saturated heterocycles. The minimum atomic E-state index is -0.464. The fraction of sp³-hybridized carbons (Fsp3) is 0.500. The Hall–Kier alpha value is -1.09. The predicted molar refractivity (Wildman–Crippen MR) is 64.5 cm³/mol. The number of halogens is 1. The largest absolute Gasteiger partial charge is 0.399 e. The summed E-state index contributed by atoms with van der Waals surface area (Å²) in [5.41, 5.74) is 7.91. The van der Waals surface area contributed by atoms with Crippen LogP contribution in [0.1, 0.15) is 37.9 Å². The molecule has 0 unspecified atom stereocenters. The molecule has 0 saturated carbocycles. The third kappa shape index (κ3) is 4.30. The van der Waals surface area contributed by atoms with Gasteiger partial charge in [0.15, 0.2) is 0 Å². The second-order valence-electron chi connectivity index (χ2n) is 3.15. The number of rotatable bonds is 3. The average molecular weight is 212 g/mol. The standard InChI is InChI=1S/C10H15FN2.C2H6/c1-7(13-2)9-3-8(6-11)4-10(12)5-9;1-2/h3-5,7,13H,6,12H2,1-2H3;1-2H3/t7-;/m1./s1. The molecule has 0 fully saturated rings. The Morgan fingerprint density at radius 1 is 1.33 bits per heavy atom. The van der Waals surface area contributed by atoms with Gasteiger partial charge in [-0.3, -0.25) is 0 Å². The number of nitrogens with one attached hydrogen (secondary N) is 1. The maximum absolute atomic E-state index is 12.4. The second-order valence-corrected chi connectivity index (χ2v) is 3.15. The first-order chi connectivity index (χ1) is 7.17. The van der Waals surface area contributed by atoms with E-state index in [2.05, 4.69) is 5.32 Å². The van der Waals surface area contributed by atoms with Crippen LogP contribution in [0.4, 0.5) is 10.1 Å². The third-order valence-corrected chi connectivity index (χ3v) is 2.12. The Kier molecular flexibility index (Phi) is 6.71. The molecular formula is C12H21FN2. The molecule has 1 rings (SSSR count). The monoisotopic (exact) mass is 212 g/mol. The van der Waals surface area contributed by atoms with Crippen molar-refractivity contribution in [3.8, 4) is 0 Å². The van der Waals surface area contributed by atoms with Crippen LogP contribution in [0, 0.1) is 0 Å². The molecule has 0 aliphatic rings. The van der Waals surface area contributed by atoms with Gasteiger partial charge in [-0.15, -0.1) is 0 Å². The molecule has 0 radical (unpaired) electrons. The number of hydrogen-bond donors (Lipinski definition) is 2. The van der Waals surface area contributed by atoms with E-state index in [1.807, 2.05) is 40.0 Å². The van der Waals surface area contributed by atoms with E-state index in [0.717, 1.165) is 5.56 Å². The van der Waals surface area contributed by atoms with Gasteiger partial charge in [-0.25, -0.2) is 4.39 Å². The topological polar surface area (TPSA) is 38.0 Å². The maximum atomic E-state index is 12.4. The lowest BCUT2D eigenvalue weighted by atomic mass is 10.0. The first-order valence-corrected chi connectivity index (χ1v) is 5.30. The molecular weight excluding hydrogens is 191 g/mol. The van der Waals surface area contributed by atoms with Crippen molar-refractivity contribution in [1.29, 1.82) is 0 Å². The van der Waals surface area contributed by atoms with Crippen molar-refractivity contribution in [3.63, 3.8) is 0 Å². The first kappa shape index (κ1) is 13.9. The highest BCUT2D eigenvalue weighted by molar-refractivity contribution is 5.45. The van der Waals surface area contributed by atoms with Gasteiger partial charge in [0, 0.05) is 11.7 Å². The van der Waals surface area contributed by atoms with E-state index in [4.69, 9.17) is 5.73 Å². The summed E-state index contributed by atoms with van der Waals surface area (Å²) >= 11 is 0. The normalized spacial score (nSPS) is 11.5. The summed E-state index contributed by atoms with van der Waals surface area (Å²) < 4.78 is 12.4. The van der Waals surface area contributed by atoms with Gasteiger partial charge in [-0.05, 0) is 37.2 Å². The van der Waals surface area contributed by atoms with Crippen LogP contribution in [0.3, 0.4) is 0 Å². The maximum Gasteiger partial charge on any atom is 0.115 e. The molecule has 86 valence electrons. The molecule has 0 amide bonds. The van der Waals surface area contributed by atoms with Crippen LogP contribution in [0.25, 0.3) is 0 Å². The lowest BCUT2D eigenvalue weighted by Crippen LogP contribution is -2.12. The fourth-order valence-corrected chi connectivity index (χ4v) is 1.24. The summed E-state index contributed by atoms with van der Waals surface area (Å²) in [5, 5.41) is 3.08. The quantitative estimate of drug-likeness (QED) is 0.756. The van der Waals surface area contributed by atoms with Crippen LogP contribution in [-0.2, 0) is 6.67 Å². The summed E-state index contributed by atoms with van der Waals surface area (Å²) in [6, 6.07) is 5.55. The Bertz CT molecular complexity index is 287. The highest BCUT2D eigenvalue weighted by atomic mass is 19.1. The van der Waals surface area contributed by atoms with Crippen LogP contribution < -0.4 is 11.1 Å². The van der Waals surface area contributed by atoms with Gasteiger partial charge < -0.3 is 11.1 Å². The summed E-state index contributed by atoms with van der Waals surface area (Å²) in [4.78, 5) is 0. The number of nitrogens with two attached hydrogens (primary N) is 1. The van der Waals surface area contributed by atoms with Gasteiger partial charge in [-0.2, -0.15) is 0 Å². The SMILES string of the molecule is CC.CN[C@H](C)c1cc(N)cc(CF)c1. The lowest BCUT2D eigenvalue weighted by Gasteiger charge is -2.12. The molecule has 0 aliphatic carbocycles. The Balaban J connectivity index is 0.000000921. The van der Waals surface area contributed by atoms with E-state index in [1.54, 1.807) is 6.07 Å². The Morgan fingerprint density at radius 3 is 2.40 bits per heavy atom.